The predicted molar refractivity (Wildman–Crippen MR) is 63.0 cm³/mol. The molecule has 0 fully saturated rings. The molecular formula is C11H12ClN3O. The SMILES string of the molecule is COc1ccc(-n2ccc(CN)n2)cc1Cl. The molecule has 2 rings (SSSR count). The maximum absolute atomic E-state index is 6.03. The molecule has 0 unspecified atom stereocenters. The van der Waals surface area contributed by atoms with Crippen LogP contribution >= 0.6 is 11.6 Å². The largest absolute Gasteiger partial charge is 0.495 e. The van der Waals surface area contributed by atoms with Gasteiger partial charge in [-0.25, -0.2) is 4.68 Å². The molecule has 1 aromatic carbocycles. The van der Waals surface area contributed by atoms with Crippen molar-refractivity contribution >= 4 is 11.6 Å². The minimum Gasteiger partial charge on any atom is -0.495 e. The smallest absolute Gasteiger partial charge is 0.137 e. The Morgan fingerprint density at radius 3 is 2.81 bits per heavy atom. The fourth-order valence-corrected chi connectivity index (χ4v) is 1.66. The van der Waals surface area contributed by atoms with Crippen LogP contribution in [0.15, 0.2) is 30.5 Å². The van der Waals surface area contributed by atoms with Gasteiger partial charge in [0.2, 0.25) is 0 Å². The Bertz CT molecular complexity index is 496. The van der Waals surface area contributed by atoms with E-state index in [1.807, 2.05) is 24.4 Å². The topological polar surface area (TPSA) is 53.1 Å². The Labute approximate surface area is 98.6 Å². The fraction of sp³-hybridized carbons (Fsp3) is 0.182. The molecule has 0 aliphatic rings. The van der Waals surface area contributed by atoms with Crippen LogP contribution in [0.1, 0.15) is 5.69 Å². The van der Waals surface area contributed by atoms with Gasteiger partial charge in [0.05, 0.1) is 23.5 Å². The van der Waals surface area contributed by atoms with Gasteiger partial charge in [-0.3, -0.25) is 0 Å². The van der Waals surface area contributed by atoms with Crippen LogP contribution in [0.4, 0.5) is 0 Å². The average molecular weight is 238 g/mol. The zero-order valence-corrected chi connectivity index (χ0v) is 9.61. The molecule has 4 nitrogen and oxygen atoms in total. The van der Waals surface area contributed by atoms with Crippen molar-refractivity contribution in [1.82, 2.24) is 9.78 Å². The van der Waals surface area contributed by atoms with Crippen LogP contribution in [0.5, 0.6) is 5.75 Å². The number of halogens is 1. The molecule has 1 heterocycles. The van der Waals surface area contributed by atoms with Crippen molar-refractivity contribution in [2.75, 3.05) is 7.11 Å². The second-order valence-electron chi connectivity index (χ2n) is 3.27. The predicted octanol–water partition coefficient (Wildman–Crippen LogP) is 1.99. The zero-order chi connectivity index (χ0) is 11.5. The fourth-order valence-electron chi connectivity index (χ4n) is 1.41. The van der Waals surface area contributed by atoms with Gasteiger partial charge in [-0.15, -0.1) is 0 Å². The molecule has 84 valence electrons. The van der Waals surface area contributed by atoms with Crippen LogP contribution < -0.4 is 10.5 Å². The van der Waals surface area contributed by atoms with Gasteiger partial charge in [0, 0.05) is 12.7 Å². The lowest BCUT2D eigenvalue weighted by Crippen LogP contribution is -2.00. The van der Waals surface area contributed by atoms with E-state index < -0.39 is 0 Å². The molecule has 0 spiro atoms. The Morgan fingerprint density at radius 1 is 1.44 bits per heavy atom. The van der Waals surface area contributed by atoms with E-state index >= 15 is 0 Å². The van der Waals surface area contributed by atoms with Crippen LogP contribution in [-0.4, -0.2) is 16.9 Å². The summed E-state index contributed by atoms with van der Waals surface area (Å²) in [5, 5.41) is 4.85. The van der Waals surface area contributed by atoms with Crippen LogP contribution in [0.2, 0.25) is 5.02 Å². The van der Waals surface area contributed by atoms with Crippen LogP contribution in [0, 0.1) is 0 Å². The van der Waals surface area contributed by atoms with Crippen molar-refractivity contribution in [2.24, 2.45) is 5.73 Å². The molecule has 0 aliphatic heterocycles. The molecule has 0 atom stereocenters. The average Bonchev–Trinajstić information content (AvgIpc) is 2.77. The Hall–Kier alpha value is -1.52. The van der Waals surface area contributed by atoms with E-state index in [4.69, 9.17) is 22.1 Å². The lowest BCUT2D eigenvalue weighted by atomic mass is 10.3. The summed E-state index contributed by atoms with van der Waals surface area (Å²) in [6, 6.07) is 7.37. The molecule has 16 heavy (non-hydrogen) atoms. The normalized spacial score (nSPS) is 10.4. The van der Waals surface area contributed by atoms with Gasteiger partial charge in [0.15, 0.2) is 0 Å². The van der Waals surface area contributed by atoms with Gasteiger partial charge in [-0.05, 0) is 24.3 Å². The molecule has 2 N–H and O–H groups in total. The first-order chi connectivity index (χ1) is 7.74. The van der Waals surface area contributed by atoms with Crippen molar-refractivity contribution < 1.29 is 4.74 Å². The first-order valence-corrected chi connectivity index (χ1v) is 5.21. The third kappa shape index (κ3) is 2.03. The van der Waals surface area contributed by atoms with Gasteiger partial charge < -0.3 is 10.5 Å². The highest BCUT2D eigenvalue weighted by Gasteiger charge is 2.04. The molecule has 1 aromatic heterocycles. The summed E-state index contributed by atoms with van der Waals surface area (Å²) in [5.74, 6) is 0.650. The third-order valence-electron chi connectivity index (χ3n) is 2.25. The Morgan fingerprint density at radius 2 is 2.25 bits per heavy atom. The molecule has 0 saturated heterocycles. The highest BCUT2D eigenvalue weighted by Crippen LogP contribution is 2.26. The molecule has 0 saturated carbocycles. The summed E-state index contributed by atoms with van der Waals surface area (Å²) in [4.78, 5) is 0. The number of aromatic nitrogens is 2. The van der Waals surface area contributed by atoms with E-state index in [1.54, 1.807) is 17.9 Å². The van der Waals surface area contributed by atoms with Gasteiger partial charge in [0.1, 0.15) is 5.75 Å². The summed E-state index contributed by atoms with van der Waals surface area (Å²) in [6.07, 6.45) is 1.85. The second kappa shape index (κ2) is 4.55. The van der Waals surface area contributed by atoms with E-state index in [0.717, 1.165) is 11.4 Å². The minimum absolute atomic E-state index is 0.427. The first kappa shape index (κ1) is 11.0. The summed E-state index contributed by atoms with van der Waals surface area (Å²) in [6.45, 7) is 0.427. The lowest BCUT2D eigenvalue weighted by Gasteiger charge is -2.05. The first-order valence-electron chi connectivity index (χ1n) is 4.83. The number of nitrogens with zero attached hydrogens (tertiary/aromatic N) is 2. The van der Waals surface area contributed by atoms with Crippen molar-refractivity contribution in [1.29, 1.82) is 0 Å². The molecule has 0 aliphatic carbocycles. The van der Waals surface area contributed by atoms with Crippen LogP contribution in [0.25, 0.3) is 5.69 Å². The molecule has 0 amide bonds. The summed E-state index contributed by atoms with van der Waals surface area (Å²) in [5.41, 5.74) is 7.21. The second-order valence-corrected chi connectivity index (χ2v) is 3.68. The number of nitrogens with two attached hydrogens (primary N) is 1. The van der Waals surface area contributed by atoms with Gasteiger partial charge >= 0.3 is 0 Å². The van der Waals surface area contributed by atoms with E-state index in [1.165, 1.54) is 0 Å². The zero-order valence-electron chi connectivity index (χ0n) is 8.85. The highest BCUT2D eigenvalue weighted by molar-refractivity contribution is 6.32. The molecule has 0 bridgehead atoms. The van der Waals surface area contributed by atoms with Crippen molar-refractivity contribution in [2.45, 2.75) is 6.54 Å². The number of hydrogen-bond acceptors (Lipinski definition) is 3. The van der Waals surface area contributed by atoms with E-state index in [-0.39, 0.29) is 0 Å². The third-order valence-corrected chi connectivity index (χ3v) is 2.55. The molecule has 0 radical (unpaired) electrons. The van der Waals surface area contributed by atoms with E-state index in [2.05, 4.69) is 5.10 Å². The minimum atomic E-state index is 0.427. The maximum atomic E-state index is 6.03. The summed E-state index contributed by atoms with van der Waals surface area (Å²) in [7, 11) is 1.58. The van der Waals surface area contributed by atoms with Crippen LogP contribution in [0.3, 0.4) is 0 Å². The van der Waals surface area contributed by atoms with Crippen molar-refractivity contribution in [3.8, 4) is 11.4 Å². The Balaban J connectivity index is 2.37. The molecule has 2 aromatic rings. The lowest BCUT2D eigenvalue weighted by molar-refractivity contribution is 0.415. The Kier molecular flexibility index (Phi) is 3.12. The molecule has 5 heteroatoms. The van der Waals surface area contributed by atoms with E-state index in [9.17, 15) is 0 Å². The van der Waals surface area contributed by atoms with Gasteiger partial charge in [-0.2, -0.15) is 5.10 Å². The standard InChI is InChI=1S/C11H12ClN3O/c1-16-11-3-2-9(6-10(11)12)15-5-4-8(7-13)14-15/h2-6H,7,13H2,1H3. The van der Waals surface area contributed by atoms with Gasteiger partial charge in [-0.1, -0.05) is 11.6 Å². The van der Waals surface area contributed by atoms with Gasteiger partial charge in [0.25, 0.3) is 0 Å². The number of rotatable bonds is 3. The van der Waals surface area contributed by atoms with Crippen LogP contribution in [-0.2, 0) is 6.54 Å². The molecular weight excluding hydrogens is 226 g/mol. The summed E-state index contributed by atoms with van der Waals surface area (Å²) < 4.78 is 6.81. The van der Waals surface area contributed by atoms with Crippen molar-refractivity contribution in [3.63, 3.8) is 0 Å². The number of benzene rings is 1. The van der Waals surface area contributed by atoms with Crippen molar-refractivity contribution in [3.05, 3.63) is 41.2 Å². The monoisotopic (exact) mass is 237 g/mol. The number of ether oxygens (including phenoxy) is 1. The quantitative estimate of drug-likeness (QED) is 0.888. The van der Waals surface area contributed by atoms with E-state index in [0.29, 0.717) is 17.3 Å². The summed E-state index contributed by atoms with van der Waals surface area (Å²) >= 11 is 6.03. The number of hydrogen-bond donors (Lipinski definition) is 1. The highest BCUT2D eigenvalue weighted by atomic mass is 35.5. The number of methoxy groups -OCH3 is 1. The maximum Gasteiger partial charge on any atom is 0.137 e.